The second kappa shape index (κ2) is 4.14. The van der Waals surface area contributed by atoms with Crippen molar-refractivity contribution in [1.82, 2.24) is 5.43 Å². The molecule has 0 radical (unpaired) electrons. The zero-order chi connectivity index (χ0) is 14.5. The highest BCUT2D eigenvalue weighted by atomic mass is 16.5. The molecular formula is C16H22N2O2. The van der Waals surface area contributed by atoms with Gasteiger partial charge in [0.2, 0.25) is 0 Å². The smallest absolute Gasteiger partial charge is 0.165 e. The third-order valence-electron chi connectivity index (χ3n) is 4.03. The van der Waals surface area contributed by atoms with E-state index in [2.05, 4.69) is 44.3 Å². The predicted molar refractivity (Wildman–Crippen MR) is 79.7 cm³/mol. The number of methoxy groups -OCH3 is 1. The minimum Gasteiger partial charge on any atom is -0.493 e. The second-order valence-electron chi connectivity index (χ2n) is 6.84. The minimum atomic E-state index is -0.192. The van der Waals surface area contributed by atoms with Crippen LogP contribution in [-0.4, -0.2) is 25.0 Å². The van der Waals surface area contributed by atoms with Gasteiger partial charge in [-0.15, -0.1) is 0 Å². The maximum atomic E-state index is 6.08. The summed E-state index contributed by atoms with van der Waals surface area (Å²) in [5.74, 6) is 1.68. The van der Waals surface area contributed by atoms with Crippen LogP contribution in [0.25, 0.3) is 0 Å². The SMILES string of the molecule is COc1ccc(C2=NNCC2(C)C)c2c1OC(C)(C)C2. The van der Waals surface area contributed by atoms with E-state index in [1.54, 1.807) is 7.11 Å². The molecule has 4 heteroatoms. The zero-order valence-electron chi connectivity index (χ0n) is 12.8. The van der Waals surface area contributed by atoms with Crippen LogP contribution in [0.3, 0.4) is 0 Å². The molecule has 0 saturated heterocycles. The van der Waals surface area contributed by atoms with Gasteiger partial charge < -0.3 is 14.9 Å². The quantitative estimate of drug-likeness (QED) is 0.901. The van der Waals surface area contributed by atoms with Gasteiger partial charge in [-0.05, 0) is 26.0 Å². The Bertz CT molecular complexity index is 588. The lowest BCUT2D eigenvalue weighted by Crippen LogP contribution is -2.27. The topological polar surface area (TPSA) is 42.8 Å². The summed E-state index contributed by atoms with van der Waals surface area (Å²) in [7, 11) is 1.68. The number of nitrogens with one attached hydrogen (secondary N) is 1. The second-order valence-corrected chi connectivity index (χ2v) is 6.84. The highest BCUT2D eigenvalue weighted by molar-refractivity contribution is 6.07. The van der Waals surface area contributed by atoms with Crippen molar-refractivity contribution in [3.8, 4) is 11.5 Å². The molecular weight excluding hydrogens is 252 g/mol. The summed E-state index contributed by atoms with van der Waals surface area (Å²) in [6.07, 6.45) is 0.879. The molecule has 4 nitrogen and oxygen atoms in total. The maximum absolute atomic E-state index is 6.08. The number of hydrazone groups is 1. The molecule has 2 aliphatic heterocycles. The highest BCUT2D eigenvalue weighted by Gasteiger charge is 2.39. The molecule has 0 unspecified atom stereocenters. The van der Waals surface area contributed by atoms with Gasteiger partial charge in [-0.1, -0.05) is 13.8 Å². The molecule has 108 valence electrons. The van der Waals surface area contributed by atoms with Crippen LogP contribution < -0.4 is 14.9 Å². The monoisotopic (exact) mass is 274 g/mol. The van der Waals surface area contributed by atoms with Crippen LogP contribution >= 0.6 is 0 Å². The summed E-state index contributed by atoms with van der Waals surface area (Å²) >= 11 is 0. The van der Waals surface area contributed by atoms with E-state index in [1.807, 2.05) is 6.07 Å². The summed E-state index contributed by atoms with van der Waals surface area (Å²) in [6, 6.07) is 4.09. The average Bonchev–Trinajstić information content (AvgIpc) is 2.86. The van der Waals surface area contributed by atoms with Crippen LogP contribution in [0, 0.1) is 5.41 Å². The van der Waals surface area contributed by atoms with Gasteiger partial charge in [-0.25, -0.2) is 0 Å². The fourth-order valence-corrected chi connectivity index (χ4v) is 2.99. The van der Waals surface area contributed by atoms with E-state index in [0.717, 1.165) is 30.2 Å². The Morgan fingerprint density at radius 1 is 1.25 bits per heavy atom. The summed E-state index contributed by atoms with van der Waals surface area (Å²) in [5.41, 5.74) is 6.47. The molecule has 1 N–H and O–H groups in total. The molecule has 0 atom stereocenters. The van der Waals surface area contributed by atoms with Crippen molar-refractivity contribution in [1.29, 1.82) is 0 Å². The van der Waals surface area contributed by atoms with Crippen LogP contribution in [0.1, 0.15) is 38.8 Å². The van der Waals surface area contributed by atoms with Gasteiger partial charge in [0, 0.05) is 29.5 Å². The number of fused-ring (bicyclic) bond motifs is 1. The summed E-state index contributed by atoms with van der Waals surface area (Å²) < 4.78 is 11.5. The van der Waals surface area contributed by atoms with Crippen molar-refractivity contribution in [2.24, 2.45) is 10.5 Å². The van der Waals surface area contributed by atoms with E-state index < -0.39 is 0 Å². The van der Waals surface area contributed by atoms with E-state index in [-0.39, 0.29) is 11.0 Å². The van der Waals surface area contributed by atoms with E-state index in [9.17, 15) is 0 Å². The first kappa shape index (κ1) is 13.3. The third kappa shape index (κ3) is 1.94. The van der Waals surface area contributed by atoms with Crippen LogP contribution in [0.15, 0.2) is 17.2 Å². The molecule has 3 rings (SSSR count). The first-order valence-corrected chi connectivity index (χ1v) is 7.04. The average molecular weight is 274 g/mol. The van der Waals surface area contributed by atoms with Gasteiger partial charge >= 0.3 is 0 Å². The van der Waals surface area contributed by atoms with E-state index >= 15 is 0 Å². The standard InChI is InChI=1S/C16H22N2O2/c1-15(2)9-17-18-14(15)10-6-7-12(19-5)13-11(10)8-16(3,4)20-13/h6-7,17H,8-9H2,1-5H3. The third-order valence-corrected chi connectivity index (χ3v) is 4.03. The largest absolute Gasteiger partial charge is 0.493 e. The number of hydrogen-bond donors (Lipinski definition) is 1. The van der Waals surface area contributed by atoms with Crippen molar-refractivity contribution in [2.45, 2.75) is 39.7 Å². The molecule has 20 heavy (non-hydrogen) atoms. The Morgan fingerprint density at radius 3 is 2.60 bits per heavy atom. The minimum absolute atomic E-state index is 0.0368. The summed E-state index contributed by atoms with van der Waals surface area (Å²) in [5, 5.41) is 4.51. The number of nitrogens with zero attached hydrogens (tertiary/aromatic N) is 1. The lowest BCUT2D eigenvalue weighted by molar-refractivity contribution is 0.134. The van der Waals surface area contributed by atoms with Gasteiger partial charge in [0.1, 0.15) is 5.60 Å². The molecule has 2 heterocycles. The molecule has 0 aromatic heterocycles. The molecule has 0 bridgehead atoms. The van der Waals surface area contributed by atoms with Gasteiger partial charge in [0.05, 0.1) is 12.8 Å². The maximum Gasteiger partial charge on any atom is 0.165 e. The van der Waals surface area contributed by atoms with Crippen LogP contribution in [-0.2, 0) is 6.42 Å². The van der Waals surface area contributed by atoms with Crippen LogP contribution in [0.5, 0.6) is 11.5 Å². The number of hydrogen-bond acceptors (Lipinski definition) is 4. The molecule has 0 amide bonds. The zero-order valence-corrected chi connectivity index (χ0v) is 12.8. The fourth-order valence-electron chi connectivity index (χ4n) is 2.99. The van der Waals surface area contributed by atoms with Crippen molar-refractivity contribution in [2.75, 3.05) is 13.7 Å². The first-order valence-electron chi connectivity index (χ1n) is 7.04. The Morgan fingerprint density at radius 2 is 2.00 bits per heavy atom. The molecule has 0 fully saturated rings. The lowest BCUT2D eigenvalue weighted by Gasteiger charge is -2.20. The summed E-state index contributed by atoms with van der Waals surface area (Å²) in [4.78, 5) is 0. The fraction of sp³-hybridized carbons (Fsp3) is 0.562. The van der Waals surface area contributed by atoms with Gasteiger partial charge in [-0.2, -0.15) is 5.10 Å². The Hall–Kier alpha value is -1.71. The predicted octanol–water partition coefficient (Wildman–Crippen LogP) is 2.74. The van der Waals surface area contributed by atoms with E-state index in [4.69, 9.17) is 9.47 Å². The van der Waals surface area contributed by atoms with E-state index in [1.165, 1.54) is 11.1 Å². The van der Waals surface area contributed by atoms with Crippen molar-refractivity contribution in [3.05, 3.63) is 23.3 Å². The normalized spacial score (nSPS) is 21.8. The highest BCUT2D eigenvalue weighted by Crippen LogP contribution is 2.45. The Labute approximate surface area is 120 Å². The van der Waals surface area contributed by atoms with Crippen molar-refractivity contribution >= 4 is 5.71 Å². The molecule has 1 aromatic rings. The number of ether oxygens (including phenoxy) is 2. The molecule has 0 aliphatic carbocycles. The number of benzene rings is 1. The van der Waals surface area contributed by atoms with Crippen molar-refractivity contribution in [3.63, 3.8) is 0 Å². The number of rotatable bonds is 2. The van der Waals surface area contributed by atoms with Gasteiger partial charge in [0.15, 0.2) is 11.5 Å². The Balaban J connectivity index is 2.14. The van der Waals surface area contributed by atoms with Crippen LogP contribution in [0.4, 0.5) is 0 Å². The van der Waals surface area contributed by atoms with Crippen molar-refractivity contribution < 1.29 is 9.47 Å². The first-order chi connectivity index (χ1) is 9.34. The summed E-state index contributed by atoms with van der Waals surface area (Å²) in [6.45, 7) is 9.51. The van der Waals surface area contributed by atoms with Gasteiger partial charge in [-0.3, -0.25) is 0 Å². The molecule has 0 saturated carbocycles. The Kier molecular flexibility index (Phi) is 2.75. The molecule has 1 aromatic carbocycles. The molecule has 2 aliphatic rings. The van der Waals surface area contributed by atoms with Gasteiger partial charge in [0.25, 0.3) is 0 Å². The van der Waals surface area contributed by atoms with E-state index in [0.29, 0.717) is 0 Å². The lowest BCUT2D eigenvalue weighted by atomic mass is 9.81. The van der Waals surface area contributed by atoms with Crippen LogP contribution in [0.2, 0.25) is 0 Å². The molecule has 0 spiro atoms.